The van der Waals surface area contributed by atoms with Crippen LogP contribution in [0.4, 0.5) is 5.13 Å². The van der Waals surface area contributed by atoms with E-state index in [1.807, 2.05) is 48.5 Å². The van der Waals surface area contributed by atoms with Crippen LogP contribution < -0.4 is 4.90 Å². The zero-order valence-corrected chi connectivity index (χ0v) is 18.7. The highest BCUT2D eigenvalue weighted by molar-refractivity contribution is 7.22. The second-order valence-corrected chi connectivity index (χ2v) is 9.68. The van der Waals surface area contributed by atoms with Gasteiger partial charge in [-0.25, -0.2) is 4.98 Å². The third kappa shape index (κ3) is 4.29. The van der Waals surface area contributed by atoms with Crippen LogP contribution >= 0.6 is 11.3 Å². The molecule has 0 aliphatic rings. The molecule has 3 nitrogen and oxygen atoms in total. The summed E-state index contributed by atoms with van der Waals surface area (Å²) in [7, 11) is 0. The molecule has 30 heavy (non-hydrogen) atoms. The molecule has 1 amide bonds. The van der Waals surface area contributed by atoms with Crippen molar-refractivity contribution in [3.8, 4) is 0 Å². The number of hydrogen-bond acceptors (Lipinski definition) is 3. The number of carbonyl (C=O) groups is 1. The molecule has 3 aromatic carbocycles. The molecule has 1 aromatic heterocycles. The highest BCUT2D eigenvalue weighted by Gasteiger charge is 2.22. The van der Waals surface area contributed by atoms with Gasteiger partial charge in [0.05, 0.1) is 16.8 Å². The Labute approximate surface area is 182 Å². The Morgan fingerprint density at radius 1 is 0.967 bits per heavy atom. The average molecular weight is 415 g/mol. The van der Waals surface area contributed by atoms with Gasteiger partial charge < -0.3 is 0 Å². The van der Waals surface area contributed by atoms with E-state index >= 15 is 0 Å². The molecule has 0 aliphatic heterocycles. The van der Waals surface area contributed by atoms with Gasteiger partial charge in [0, 0.05) is 5.56 Å². The topological polar surface area (TPSA) is 33.2 Å². The first-order valence-electron chi connectivity index (χ1n) is 10.1. The average Bonchev–Trinajstić information content (AvgIpc) is 3.14. The van der Waals surface area contributed by atoms with Crippen LogP contribution in [0.5, 0.6) is 0 Å². The second-order valence-electron chi connectivity index (χ2n) is 8.67. The zero-order chi connectivity index (χ0) is 21.3. The number of thiazole rings is 1. The van der Waals surface area contributed by atoms with Crippen molar-refractivity contribution in [2.24, 2.45) is 0 Å². The van der Waals surface area contributed by atoms with Crippen LogP contribution in [0.25, 0.3) is 10.2 Å². The van der Waals surface area contributed by atoms with Crippen LogP contribution in [-0.2, 0) is 12.0 Å². The number of hydrogen-bond donors (Lipinski definition) is 0. The van der Waals surface area contributed by atoms with E-state index < -0.39 is 0 Å². The van der Waals surface area contributed by atoms with Crippen LogP contribution in [0.2, 0.25) is 0 Å². The molecular weight excluding hydrogens is 388 g/mol. The maximum Gasteiger partial charge on any atom is 0.260 e. The van der Waals surface area contributed by atoms with E-state index in [4.69, 9.17) is 4.98 Å². The molecule has 0 N–H and O–H groups in total. The Hall–Kier alpha value is -2.98. The first-order chi connectivity index (χ1) is 14.3. The molecule has 0 fully saturated rings. The molecule has 0 saturated carbocycles. The van der Waals surface area contributed by atoms with E-state index in [9.17, 15) is 4.79 Å². The summed E-state index contributed by atoms with van der Waals surface area (Å²) < 4.78 is 1.10. The molecule has 0 saturated heterocycles. The molecular formula is C26H26N2OS. The third-order valence-corrected chi connectivity index (χ3v) is 6.23. The Morgan fingerprint density at radius 2 is 1.67 bits per heavy atom. The van der Waals surface area contributed by atoms with Crippen molar-refractivity contribution in [3.05, 3.63) is 95.1 Å². The van der Waals surface area contributed by atoms with E-state index in [1.54, 1.807) is 16.2 Å². The molecule has 0 aliphatic carbocycles. The van der Waals surface area contributed by atoms with Gasteiger partial charge in [0.15, 0.2) is 5.13 Å². The summed E-state index contributed by atoms with van der Waals surface area (Å²) in [4.78, 5) is 20.1. The van der Waals surface area contributed by atoms with E-state index in [1.165, 1.54) is 11.1 Å². The summed E-state index contributed by atoms with van der Waals surface area (Å²) in [6.07, 6.45) is 0. The SMILES string of the molecule is Cc1ccc2nc(N(Cc3ccccc3)C(=O)c3ccc(C(C)(C)C)cc3)sc2c1. The highest BCUT2D eigenvalue weighted by atomic mass is 32.1. The Balaban J connectivity index is 1.73. The predicted octanol–water partition coefficient (Wildman–Crippen LogP) is 6.75. The highest BCUT2D eigenvalue weighted by Crippen LogP contribution is 2.32. The predicted molar refractivity (Wildman–Crippen MR) is 126 cm³/mol. The quantitative estimate of drug-likeness (QED) is 0.370. The normalized spacial score (nSPS) is 11.6. The summed E-state index contributed by atoms with van der Waals surface area (Å²) in [5.41, 5.74) is 5.13. The van der Waals surface area contributed by atoms with Crippen LogP contribution in [0, 0.1) is 6.92 Å². The Kier molecular flexibility index (Phi) is 5.44. The Morgan fingerprint density at radius 3 is 2.33 bits per heavy atom. The Bertz CT molecular complexity index is 1170. The molecule has 1 heterocycles. The van der Waals surface area contributed by atoms with Crippen molar-refractivity contribution in [2.75, 3.05) is 4.90 Å². The number of anilines is 1. The first-order valence-corrected chi connectivity index (χ1v) is 11.0. The number of benzene rings is 3. The molecule has 152 valence electrons. The largest absolute Gasteiger partial charge is 0.279 e. The molecule has 0 unspecified atom stereocenters. The van der Waals surface area contributed by atoms with Crippen LogP contribution in [0.1, 0.15) is 47.8 Å². The summed E-state index contributed by atoms with van der Waals surface area (Å²) >= 11 is 1.56. The molecule has 0 spiro atoms. The molecule has 4 rings (SSSR count). The standard InChI is InChI=1S/C26H26N2OS/c1-18-10-15-22-23(16-18)30-25(27-22)28(17-19-8-6-5-7-9-19)24(29)20-11-13-21(14-12-20)26(2,3)4/h5-16H,17H2,1-4H3. The molecule has 4 aromatic rings. The first kappa shape index (κ1) is 20.3. The van der Waals surface area contributed by atoms with Gasteiger partial charge in [-0.1, -0.05) is 80.6 Å². The van der Waals surface area contributed by atoms with Crippen LogP contribution in [0.3, 0.4) is 0 Å². The fraction of sp³-hybridized carbons (Fsp3) is 0.231. The van der Waals surface area contributed by atoms with Crippen molar-refractivity contribution in [2.45, 2.75) is 39.7 Å². The van der Waals surface area contributed by atoms with E-state index in [2.05, 4.69) is 52.0 Å². The fourth-order valence-electron chi connectivity index (χ4n) is 3.40. The molecule has 4 heteroatoms. The lowest BCUT2D eigenvalue weighted by Crippen LogP contribution is -2.30. The smallest absolute Gasteiger partial charge is 0.260 e. The molecule has 0 radical (unpaired) electrons. The number of fused-ring (bicyclic) bond motifs is 1. The number of nitrogens with zero attached hydrogens (tertiary/aromatic N) is 2. The minimum atomic E-state index is -0.0323. The van der Waals surface area contributed by atoms with Crippen molar-refractivity contribution in [3.63, 3.8) is 0 Å². The van der Waals surface area contributed by atoms with Gasteiger partial charge in [-0.2, -0.15) is 0 Å². The van der Waals surface area contributed by atoms with Gasteiger partial charge in [-0.05, 0) is 53.3 Å². The minimum Gasteiger partial charge on any atom is -0.279 e. The minimum absolute atomic E-state index is 0.0323. The maximum absolute atomic E-state index is 13.5. The summed E-state index contributed by atoms with van der Waals surface area (Å²) in [6, 6.07) is 24.2. The summed E-state index contributed by atoms with van der Waals surface area (Å²) in [5.74, 6) is -0.0323. The number of carbonyl (C=O) groups excluding carboxylic acids is 1. The van der Waals surface area contributed by atoms with Crippen molar-refractivity contribution in [1.29, 1.82) is 0 Å². The molecule has 0 atom stereocenters. The van der Waals surface area contributed by atoms with Gasteiger partial charge in [-0.15, -0.1) is 0 Å². The summed E-state index contributed by atoms with van der Waals surface area (Å²) in [6.45, 7) is 9.08. The van der Waals surface area contributed by atoms with Crippen LogP contribution in [-0.4, -0.2) is 10.9 Å². The van der Waals surface area contributed by atoms with Crippen LogP contribution in [0.15, 0.2) is 72.8 Å². The number of aryl methyl sites for hydroxylation is 1. The van der Waals surface area contributed by atoms with Gasteiger partial charge in [-0.3, -0.25) is 9.69 Å². The van der Waals surface area contributed by atoms with Gasteiger partial charge in [0.25, 0.3) is 5.91 Å². The number of amides is 1. The van der Waals surface area contributed by atoms with E-state index in [0.29, 0.717) is 12.1 Å². The lowest BCUT2D eigenvalue weighted by atomic mass is 9.86. The van der Waals surface area contributed by atoms with Gasteiger partial charge in [0.2, 0.25) is 0 Å². The maximum atomic E-state index is 13.5. The van der Waals surface area contributed by atoms with Crippen molar-refractivity contribution >= 4 is 32.6 Å². The van der Waals surface area contributed by atoms with Gasteiger partial charge in [0.1, 0.15) is 0 Å². The van der Waals surface area contributed by atoms with Crippen molar-refractivity contribution in [1.82, 2.24) is 4.98 Å². The second kappa shape index (κ2) is 8.04. The van der Waals surface area contributed by atoms with E-state index in [0.717, 1.165) is 20.9 Å². The monoisotopic (exact) mass is 414 g/mol. The zero-order valence-electron chi connectivity index (χ0n) is 17.8. The fourth-order valence-corrected chi connectivity index (χ4v) is 4.46. The lowest BCUT2D eigenvalue weighted by Gasteiger charge is -2.22. The number of aromatic nitrogens is 1. The van der Waals surface area contributed by atoms with Gasteiger partial charge >= 0.3 is 0 Å². The third-order valence-electron chi connectivity index (χ3n) is 5.19. The number of rotatable bonds is 4. The lowest BCUT2D eigenvalue weighted by molar-refractivity contribution is 0.0985. The van der Waals surface area contributed by atoms with Crippen molar-refractivity contribution < 1.29 is 4.79 Å². The van der Waals surface area contributed by atoms with E-state index in [-0.39, 0.29) is 11.3 Å². The molecule has 0 bridgehead atoms. The summed E-state index contributed by atoms with van der Waals surface area (Å²) in [5, 5.41) is 0.726.